The van der Waals surface area contributed by atoms with Gasteiger partial charge in [0.1, 0.15) is 0 Å². The van der Waals surface area contributed by atoms with Crippen LogP contribution in [0.15, 0.2) is 0 Å². The zero-order valence-electron chi connectivity index (χ0n) is 10.6. The van der Waals surface area contributed by atoms with Gasteiger partial charge in [-0.2, -0.15) is 0 Å². The SMILES string of the molecule is CCCCOCCC(C)COC(C)C(=O)O. The quantitative estimate of drug-likeness (QED) is 0.587. The molecule has 0 amide bonds. The van der Waals surface area contributed by atoms with Crippen molar-refractivity contribution in [1.29, 1.82) is 0 Å². The van der Waals surface area contributed by atoms with Gasteiger partial charge in [0, 0.05) is 13.2 Å². The topological polar surface area (TPSA) is 55.8 Å². The fourth-order valence-electron chi connectivity index (χ4n) is 1.10. The summed E-state index contributed by atoms with van der Waals surface area (Å²) in [6, 6.07) is 0. The Balaban J connectivity index is 3.37. The summed E-state index contributed by atoms with van der Waals surface area (Å²) in [5.74, 6) is -0.574. The molecule has 0 fully saturated rings. The fourth-order valence-corrected chi connectivity index (χ4v) is 1.10. The first-order valence-corrected chi connectivity index (χ1v) is 6.00. The highest BCUT2D eigenvalue weighted by atomic mass is 16.5. The Morgan fingerprint density at radius 3 is 2.56 bits per heavy atom. The number of carboxylic acid groups (broad SMARTS) is 1. The van der Waals surface area contributed by atoms with Gasteiger partial charge in [0.2, 0.25) is 0 Å². The smallest absolute Gasteiger partial charge is 0.332 e. The molecule has 4 nitrogen and oxygen atoms in total. The summed E-state index contributed by atoms with van der Waals surface area (Å²) in [6.45, 7) is 7.74. The van der Waals surface area contributed by atoms with Crippen LogP contribution in [0.3, 0.4) is 0 Å². The van der Waals surface area contributed by atoms with E-state index in [4.69, 9.17) is 14.6 Å². The summed E-state index contributed by atoms with van der Waals surface area (Å²) >= 11 is 0. The first kappa shape index (κ1) is 15.4. The summed E-state index contributed by atoms with van der Waals surface area (Å²) in [5.41, 5.74) is 0. The van der Waals surface area contributed by atoms with Crippen molar-refractivity contribution in [3.8, 4) is 0 Å². The maximum Gasteiger partial charge on any atom is 0.332 e. The minimum absolute atomic E-state index is 0.337. The molecule has 0 aromatic rings. The average Bonchev–Trinajstić information content (AvgIpc) is 2.25. The van der Waals surface area contributed by atoms with Gasteiger partial charge in [-0.25, -0.2) is 4.79 Å². The van der Waals surface area contributed by atoms with Gasteiger partial charge in [0.15, 0.2) is 6.10 Å². The largest absolute Gasteiger partial charge is 0.479 e. The number of carbonyl (C=O) groups is 1. The Hall–Kier alpha value is -0.610. The van der Waals surface area contributed by atoms with Gasteiger partial charge in [0.25, 0.3) is 0 Å². The highest BCUT2D eigenvalue weighted by Crippen LogP contribution is 2.05. The highest BCUT2D eigenvalue weighted by molar-refractivity contribution is 5.71. The number of carboxylic acids is 1. The molecule has 0 aromatic carbocycles. The molecular formula is C12H24O4. The first-order valence-electron chi connectivity index (χ1n) is 6.00. The molecule has 0 spiro atoms. The average molecular weight is 232 g/mol. The van der Waals surface area contributed by atoms with Crippen molar-refractivity contribution in [2.24, 2.45) is 5.92 Å². The van der Waals surface area contributed by atoms with E-state index in [1.165, 1.54) is 0 Å². The molecule has 0 saturated carbocycles. The number of ether oxygens (including phenoxy) is 2. The van der Waals surface area contributed by atoms with Crippen LogP contribution in [0.2, 0.25) is 0 Å². The lowest BCUT2D eigenvalue weighted by Gasteiger charge is -2.14. The molecule has 0 aliphatic rings. The van der Waals surface area contributed by atoms with Gasteiger partial charge in [-0.15, -0.1) is 0 Å². The van der Waals surface area contributed by atoms with Crippen molar-refractivity contribution in [2.75, 3.05) is 19.8 Å². The predicted octanol–water partition coefficient (Wildman–Crippen LogP) is 2.32. The molecule has 2 atom stereocenters. The van der Waals surface area contributed by atoms with Gasteiger partial charge in [-0.05, 0) is 25.7 Å². The molecule has 96 valence electrons. The molecule has 1 N–H and O–H groups in total. The van der Waals surface area contributed by atoms with E-state index in [0.717, 1.165) is 32.5 Å². The van der Waals surface area contributed by atoms with E-state index in [1.54, 1.807) is 6.92 Å². The monoisotopic (exact) mass is 232 g/mol. The van der Waals surface area contributed by atoms with Crippen molar-refractivity contribution in [3.63, 3.8) is 0 Å². The minimum atomic E-state index is -0.911. The van der Waals surface area contributed by atoms with Crippen molar-refractivity contribution in [1.82, 2.24) is 0 Å². The van der Waals surface area contributed by atoms with Gasteiger partial charge in [-0.3, -0.25) is 0 Å². The summed E-state index contributed by atoms with van der Waals surface area (Å²) < 4.78 is 10.6. The van der Waals surface area contributed by atoms with Crippen molar-refractivity contribution >= 4 is 5.97 Å². The lowest BCUT2D eigenvalue weighted by Crippen LogP contribution is -2.23. The van der Waals surface area contributed by atoms with Crippen molar-refractivity contribution in [2.45, 2.75) is 46.1 Å². The molecule has 0 aromatic heterocycles. The number of hydrogen-bond donors (Lipinski definition) is 1. The molecular weight excluding hydrogens is 208 g/mol. The van der Waals surface area contributed by atoms with Crippen LogP contribution in [0.1, 0.15) is 40.0 Å². The maximum atomic E-state index is 10.5. The third-order valence-electron chi connectivity index (χ3n) is 2.38. The third kappa shape index (κ3) is 8.68. The van der Waals surface area contributed by atoms with Crippen LogP contribution in [0.25, 0.3) is 0 Å². The number of hydrogen-bond acceptors (Lipinski definition) is 3. The van der Waals surface area contributed by atoms with Gasteiger partial charge in [-0.1, -0.05) is 20.3 Å². The maximum absolute atomic E-state index is 10.5. The van der Waals surface area contributed by atoms with E-state index in [1.807, 2.05) is 6.92 Å². The van der Waals surface area contributed by atoms with Gasteiger partial charge >= 0.3 is 5.97 Å². The van der Waals surface area contributed by atoms with Gasteiger partial charge < -0.3 is 14.6 Å². The second-order valence-electron chi connectivity index (χ2n) is 4.17. The first-order chi connectivity index (χ1) is 7.57. The second kappa shape index (κ2) is 9.60. The summed E-state index contributed by atoms with van der Waals surface area (Å²) in [4.78, 5) is 10.5. The third-order valence-corrected chi connectivity index (χ3v) is 2.38. The van der Waals surface area contributed by atoms with Crippen LogP contribution in [0, 0.1) is 5.92 Å². The normalized spacial score (nSPS) is 14.7. The van der Waals surface area contributed by atoms with Crippen LogP contribution in [-0.2, 0) is 14.3 Å². The Kier molecular flexibility index (Phi) is 9.24. The highest BCUT2D eigenvalue weighted by Gasteiger charge is 2.12. The standard InChI is InChI=1S/C12H24O4/c1-4-5-7-15-8-6-10(2)9-16-11(3)12(13)14/h10-11H,4-9H2,1-3H3,(H,13,14). The Bertz CT molecular complexity index is 182. The number of aliphatic carboxylic acids is 1. The van der Waals surface area contributed by atoms with E-state index in [-0.39, 0.29) is 0 Å². The van der Waals surface area contributed by atoms with E-state index < -0.39 is 12.1 Å². The van der Waals surface area contributed by atoms with Crippen LogP contribution in [0.5, 0.6) is 0 Å². The predicted molar refractivity (Wildman–Crippen MR) is 62.6 cm³/mol. The second-order valence-corrected chi connectivity index (χ2v) is 4.17. The summed E-state index contributed by atoms with van der Waals surface area (Å²) in [7, 11) is 0. The van der Waals surface area contributed by atoms with E-state index in [0.29, 0.717) is 12.5 Å². The lowest BCUT2D eigenvalue weighted by molar-refractivity contribution is -0.149. The molecule has 0 rings (SSSR count). The Labute approximate surface area is 97.9 Å². The molecule has 16 heavy (non-hydrogen) atoms. The number of rotatable bonds is 10. The lowest BCUT2D eigenvalue weighted by atomic mass is 10.1. The zero-order chi connectivity index (χ0) is 12.4. The van der Waals surface area contributed by atoms with Crippen molar-refractivity contribution < 1.29 is 19.4 Å². The van der Waals surface area contributed by atoms with Crippen LogP contribution in [0.4, 0.5) is 0 Å². The molecule has 0 aliphatic heterocycles. The van der Waals surface area contributed by atoms with Crippen molar-refractivity contribution in [3.05, 3.63) is 0 Å². The minimum Gasteiger partial charge on any atom is -0.479 e. The molecule has 0 radical (unpaired) electrons. The molecule has 2 unspecified atom stereocenters. The zero-order valence-corrected chi connectivity index (χ0v) is 10.6. The Morgan fingerprint density at radius 2 is 2.00 bits per heavy atom. The molecule has 4 heteroatoms. The van der Waals surface area contributed by atoms with Crippen LogP contribution >= 0.6 is 0 Å². The van der Waals surface area contributed by atoms with E-state index in [2.05, 4.69) is 6.92 Å². The summed E-state index contributed by atoms with van der Waals surface area (Å²) in [6.07, 6.45) is 2.44. The van der Waals surface area contributed by atoms with E-state index in [9.17, 15) is 4.79 Å². The number of unbranched alkanes of at least 4 members (excludes halogenated alkanes) is 1. The van der Waals surface area contributed by atoms with Crippen LogP contribution < -0.4 is 0 Å². The summed E-state index contributed by atoms with van der Waals surface area (Å²) in [5, 5.41) is 8.62. The molecule has 0 heterocycles. The van der Waals surface area contributed by atoms with E-state index >= 15 is 0 Å². The Morgan fingerprint density at radius 1 is 1.31 bits per heavy atom. The molecule has 0 saturated heterocycles. The van der Waals surface area contributed by atoms with Gasteiger partial charge in [0.05, 0.1) is 6.61 Å². The van der Waals surface area contributed by atoms with Crippen LogP contribution in [-0.4, -0.2) is 37.0 Å². The molecule has 0 aliphatic carbocycles. The fraction of sp³-hybridized carbons (Fsp3) is 0.917. The molecule has 0 bridgehead atoms.